The van der Waals surface area contributed by atoms with Gasteiger partial charge in [-0.3, -0.25) is 0 Å². The molecule has 0 unspecified atom stereocenters. The fraction of sp³-hybridized carbons (Fsp3) is 0.143. The van der Waals surface area contributed by atoms with Crippen molar-refractivity contribution < 1.29 is 24.5 Å². The molecule has 0 saturated heterocycles. The van der Waals surface area contributed by atoms with Gasteiger partial charge in [0.1, 0.15) is 5.71 Å². The molecule has 0 spiro atoms. The number of carboxylic acids is 1. The number of hydrogen-bond acceptors (Lipinski definition) is 6. The quantitative estimate of drug-likeness (QED) is 0.260. The second-order valence-electron chi connectivity index (χ2n) is 5.59. The molecule has 7 nitrogen and oxygen atoms in total. The molecular weight excluding hydrogens is 360 g/mol. The van der Waals surface area contributed by atoms with Crippen LogP contribution in [-0.4, -0.2) is 35.1 Å². The number of carbonyl (C=O) groups excluding carboxylic acids is 1. The number of benzene rings is 2. The lowest BCUT2D eigenvalue weighted by Crippen LogP contribution is -2.23. The van der Waals surface area contributed by atoms with Gasteiger partial charge in [-0.25, -0.2) is 9.59 Å². The number of nitrogens with zero attached hydrogens (tertiary/aromatic N) is 2. The molecule has 0 heterocycles. The first kappa shape index (κ1) is 20.6. The van der Waals surface area contributed by atoms with E-state index in [1.165, 1.54) is 6.92 Å². The topological polar surface area (TPSA) is 111 Å². The standard InChI is InChI=1S/C21H20N2O5/c1-3-28-21(27)17(14(2)24)18(15-10-6-4-7-11-15)22-23-19(20(25)26)16-12-8-5-9-13-16/h4-13,24H,3H2,1-2H3,(H,25,26)/p-1/b17-14+,22-18+,23-19+. The van der Waals surface area contributed by atoms with E-state index in [-0.39, 0.29) is 23.6 Å². The van der Waals surface area contributed by atoms with E-state index in [9.17, 15) is 19.8 Å². The Morgan fingerprint density at radius 2 is 1.39 bits per heavy atom. The molecule has 0 aliphatic rings. The molecule has 2 aromatic rings. The first-order valence-electron chi connectivity index (χ1n) is 8.50. The van der Waals surface area contributed by atoms with Crippen LogP contribution in [0.4, 0.5) is 0 Å². The second-order valence-corrected chi connectivity index (χ2v) is 5.59. The lowest BCUT2D eigenvalue weighted by molar-refractivity contribution is -0.302. The average Bonchev–Trinajstić information content (AvgIpc) is 2.68. The van der Waals surface area contributed by atoms with Crippen LogP contribution in [0.2, 0.25) is 0 Å². The third-order valence-corrected chi connectivity index (χ3v) is 3.62. The molecule has 2 rings (SSSR count). The maximum absolute atomic E-state index is 12.3. The molecule has 0 amide bonds. The first-order chi connectivity index (χ1) is 13.5. The summed E-state index contributed by atoms with van der Waals surface area (Å²) in [4.78, 5) is 23.9. The van der Waals surface area contributed by atoms with Crippen molar-refractivity contribution in [1.29, 1.82) is 0 Å². The Labute approximate surface area is 162 Å². The van der Waals surface area contributed by atoms with Crippen LogP contribution in [0.5, 0.6) is 0 Å². The van der Waals surface area contributed by atoms with Crippen molar-refractivity contribution in [1.82, 2.24) is 0 Å². The van der Waals surface area contributed by atoms with Crippen LogP contribution >= 0.6 is 0 Å². The molecule has 0 atom stereocenters. The van der Waals surface area contributed by atoms with Crippen molar-refractivity contribution in [2.45, 2.75) is 13.8 Å². The fourth-order valence-electron chi connectivity index (χ4n) is 2.38. The highest BCUT2D eigenvalue weighted by Gasteiger charge is 2.20. The number of rotatable bonds is 7. The van der Waals surface area contributed by atoms with Gasteiger partial charge in [-0.1, -0.05) is 67.6 Å². The number of esters is 1. The summed E-state index contributed by atoms with van der Waals surface area (Å²) in [5, 5.41) is 29.4. The largest absolute Gasteiger partial charge is 0.875 e. The van der Waals surface area contributed by atoms with Crippen LogP contribution in [0.15, 0.2) is 82.2 Å². The zero-order chi connectivity index (χ0) is 20.5. The Bertz CT molecular complexity index is 928. The summed E-state index contributed by atoms with van der Waals surface area (Å²) in [6, 6.07) is 16.7. The summed E-state index contributed by atoms with van der Waals surface area (Å²) < 4.78 is 4.96. The third-order valence-electron chi connectivity index (χ3n) is 3.62. The van der Waals surface area contributed by atoms with Gasteiger partial charge in [0.15, 0.2) is 5.71 Å². The number of ether oxygens (including phenoxy) is 1. The maximum atomic E-state index is 12.3. The van der Waals surface area contributed by atoms with E-state index in [0.717, 1.165) is 0 Å². The molecule has 1 N–H and O–H groups in total. The Balaban J connectivity index is 2.66. The number of carbonyl (C=O) groups is 2. The van der Waals surface area contributed by atoms with Gasteiger partial charge in [0.2, 0.25) is 0 Å². The van der Waals surface area contributed by atoms with Crippen LogP contribution in [0.3, 0.4) is 0 Å². The predicted molar refractivity (Wildman–Crippen MR) is 103 cm³/mol. The first-order valence-corrected chi connectivity index (χ1v) is 8.50. The van der Waals surface area contributed by atoms with E-state index < -0.39 is 17.7 Å². The highest BCUT2D eigenvalue weighted by molar-refractivity contribution is 6.42. The molecular formula is C21H19N2O5-. The van der Waals surface area contributed by atoms with Gasteiger partial charge in [0.05, 0.1) is 12.2 Å². The minimum absolute atomic E-state index is 0.0544. The van der Waals surface area contributed by atoms with Gasteiger partial charge in [0, 0.05) is 11.1 Å². The molecule has 0 aromatic heterocycles. The molecule has 0 fully saturated rings. The molecule has 7 heteroatoms. The van der Waals surface area contributed by atoms with Crippen LogP contribution in [0.1, 0.15) is 25.0 Å². The van der Waals surface area contributed by atoms with E-state index in [1.807, 2.05) is 0 Å². The SMILES string of the molecule is CCOC(=O)C(/C(=N/N=C(/C(=O)O)c1ccccc1)c1ccccc1)=C(\C)[O-]. The molecule has 144 valence electrons. The third kappa shape index (κ3) is 5.14. The lowest BCUT2D eigenvalue weighted by atomic mass is 10.0. The molecule has 0 bridgehead atoms. The van der Waals surface area contributed by atoms with Crippen molar-refractivity contribution in [3.05, 3.63) is 83.1 Å². The van der Waals surface area contributed by atoms with Crippen molar-refractivity contribution in [3.8, 4) is 0 Å². The average molecular weight is 379 g/mol. The molecule has 0 radical (unpaired) electrons. The number of carboxylic acid groups (broad SMARTS) is 1. The lowest BCUT2D eigenvalue weighted by Gasteiger charge is -2.16. The van der Waals surface area contributed by atoms with Gasteiger partial charge >= 0.3 is 11.9 Å². The minimum atomic E-state index is -1.29. The van der Waals surface area contributed by atoms with Crippen molar-refractivity contribution in [2.75, 3.05) is 6.61 Å². The van der Waals surface area contributed by atoms with E-state index in [0.29, 0.717) is 11.1 Å². The Morgan fingerprint density at radius 1 is 0.929 bits per heavy atom. The van der Waals surface area contributed by atoms with E-state index in [1.54, 1.807) is 67.6 Å². The highest BCUT2D eigenvalue weighted by Crippen LogP contribution is 2.15. The zero-order valence-corrected chi connectivity index (χ0v) is 15.5. The number of aliphatic carboxylic acids is 1. The van der Waals surface area contributed by atoms with Gasteiger partial charge in [0.25, 0.3) is 0 Å². The molecule has 28 heavy (non-hydrogen) atoms. The van der Waals surface area contributed by atoms with Gasteiger partial charge < -0.3 is 14.9 Å². The van der Waals surface area contributed by atoms with Crippen LogP contribution in [-0.2, 0) is 14.3 Å². The highest BCUT2D eigenvalue weighted by atomic mass is 16.5. The zero-order valence-electron chi connectivity index (χ0n) is 15.5. The Hall–Kier alpha value is -3.74. The van der Waals surface area contributed by atoms with Crippen molar-refractivity contribution in [2.24, 2.45) is 10.2 Å². The van der Waals surface area contributed by atoms with E-state index in [4.69, 9.17) is 4.74 Å². The number of hydrogen-bond donors (Lipinski definition) is 1. The van der Waals surface area contributed by atoms with Gasteiger partial charge in [-0.05, 0) is 6.92 Å². The molecule has 0 saturated carbocycles. The summed E-state index contributed by atoms with van der Waals surface area (Å²) in [5.74, 6) is -2.69. The van der Waals surface area contributed by atoms with Gasteiger partial charge in [-0.15, -0.1) is 16.0 Å². The summed E-state index contributed by atoms with van der Waals surface area (Å²) >= 11 is 0. The van der Waals surface area contributed by atoms with Crippen molar-refractivity contribution >= 4 is 23.4 Å². The number of allylic oxidation sites excluding steroid dienone is 1. The maximum Gasteiger partial charge on any atom is 0.357 e. The van der Waals surface area contributed by atoms with Gasteiger partial charge in [-0.2, -0.15) is 0 Å². The van der Waals surface area contributed by atoms with Crippen LogP contribution in [0.25, 0.3) is 0 Å². The second kappa shape index (κ2) is 9.82. The smallest absolute Gasteiger partial charge is 0.357 e. The Kier molecular flexibility index (Phi) is 7.21. The fourth-order valence-corrected chi connectivity index (χ4v) is 2.38. The van der Waals surface area contributed by atoms with E-state index in [2.05, 4.69) is 10.2 Å². The predicted octanol–water partition coefficient (Wildman–Crippen LogP) is 2.16. The Morgan fingerprint density at radius 3 is 1.82 bits per heavy atom. The van der Waals surface area contributed by atoms with E-state index >= 15 is 0 Å². The monoisotopic (exact) mass is 379 g/mol. The van der Waals surface area contributed by atoms with Crippen LogP contribution < -0.4 is 5.11 Å². The van der Waals surface area contributed by atoms with Crippen LogP contribution in [0, 0.1) is 0 Å². The minimum Gasteiger partial charge on any atom is -0.875 e. The molecule has 0 aliphatic heterocycles. The molecule has 0 aliphatic carbocycles. The molecule has 2 aromatic carbocycles. The summed E-state index contributed by atoms with van der Waals surface area (Å²) in [6.07, 6.45) is 0. The van der Waals surface area contributed by atoms with Crippen molar-refractivity contribution in [3.63, 3.8) is 0 Å². The summed E-state index contributed by atoms with van der Waals surface area (Å²) in [7, 11) is 0. The normalized spacial score (nSPS) is 12.9. The summed E-state index contributed by atoms with van der Waals surface area (Å²) in [6.45, 7) is 2.90. The summed E-state index contributed by atoms with van der Waals surface area (Å²) in [5.41, 5.74) is 0.102.